The largest absolute Gasteiger partial charge is 0.322 e. The molecule has 1 saturated carbocycles. The second kappa shape index (κ2) is 6.66. The molecule has 0 aromatic heterocycles. The van der Waals surface area contributed by atoms with Crippen LogP contribution in [0, 0.1) is 37.5 Å². The molecule has 30 heavy (non-hydrogen) atoms. The zero-order valence-corrected chi connectivity index (χ0v) is 17.3. The van der Waals surface area contributed by atoms with Gasteiger partial charge in [-0.25, -0.2) is 0 Å². The molecule has 1 aliphatic heterocycles. The zero-order chi connectivity index (χ0) is 21.2. The molecular formula is C25H24N2O3. The van der Waals surface area contributed by atoms with E-state index >= 15 is 0 Å². The van der Waals surface area contributed by atoms with E-state index in [1.165, 1.54) is 10.5 Å². The Hall–Kier alpha value is -3.21. The first kappa shape index (κ1) is 18.8. The standard InChI is InChI=1S/C25H24N2O3/c1-13-8-14(2)10-18(9-13)26-23(28)16-4-6-19(7-5-16)27-24(29)21-17-11-15(3)20(12-17)22(21)25(27)30/h4-11,17,20-22H,12H2,1-3H3,(H,26,28)/t17-,20+,21-,22+/m1/s1. The highest BCUT2D eigenvalue weighted by Crippen LogP contribution is 2.55. The molecule has 152 valence electrons. The predicted octanol–water partition coefficient (Wildman–Crippen LogP) is 4.26. The third-order valence-electron chi connectivity index (χ3n) is 6.75. The van der Waals surface area contributed by atoms with Crippen molar-refractivity contribution in [3.05, 3.63) is 70.8 Å². The molecule has 0 unspecified atom stereocenters. The topological polar surface area (TPSA) is 66.5 Å². The van der Waals surface area contributed by atoms with Gasteiger partial charge in [0.2, 0.25) is 11.8 Å². The summed E-state index contributed by atoms with van der Waals surface area (Å²) in [6.45, 7) is 6.03. The van der Waals surface area contributed by atoms with Crippen molar-refractivity contribution in [3.63, 3.8) is 0 Å². The van der Waals surface area contributed by atoms with Crippen molar-refractivity contribution in [1.82, 2.24) is 0 Å². The van der Waals surface area contributed by atoms with Crippen LogP contribution in [0.4, 0.5) is 11.4 Å². The van der Waals surface area contributed by atoms with Crippen LogP contribution in [0.2, 0.25) is 0 Å². The lowest BCUT2D eigenvalue weighted by Gasteiger charge is -2.19. The summed E-state index contributed by atoms with van der Waals surface area (Å²) in [6, 6.07) is 12.6. The summed E-state index contributed by atoms with van der Waals surface area (Å²) in [5.74, 6) is -0.487. The van der Waals surface area contributed by atoms with Crippen molar-refractivity contribution in [3.8, 4) is 0 Å². The number of imide groups is 1. The van der Waals surface area contributed by atoms with Gasteiger partial charge in [0.05, 0.1) is 17.5 Å². The first-order chi connectivity index (χ1) is 14.3. The van der Waals surface area contributed by atoms with Gasteiger partial charge in [0.25, 0.3) is 5.91 Å². The van der Waals surface area contributed by atoms with Crippen molar-refractivity contribution < 1.29 is 14.4 Å². The number of hydrogen-bond acceptors (Lipinski definition) is 3. The fraction of sp³-hybridized carbons (Fsp3) is 0.320. The molecule has 4 atom stereocenters. The van der Waals surface area contributed by atoms with Crippen LogP contribution in [0.5, 0.6) is 0 Å². The molecule has 3 aliphatic rings. The van der Waals surface area contributed by atoms with Crippen LogP contribution in [-0.2, 0) is 9.59 Å². The average Bonchev–Trinajstić information content (AvgIpc) is 3.32. The summed E-state index contributed by atoms with van der Waals surface area (Å²) >= 11 is 0. The van der Waals surface area contributed by atoms with Crippen LogP contribution in [0.25, 0.3) is 0 Å². The Morgan fingerprint density at radius 3 is 2.23 bits per heavy atom. The van der Waals surface area contributed by atoms with E-state index in [0.29, 0.717) is 11.3 Å². The lowest BCUT2D eigenvalue weighted by atomic mass is 9.82. The number of aryl methyl sites for hydroxylation is 2. The minimum Gasteiger partial charge on any atom is -0.322 e. The van der Waals surface area contributed by atoms with E-state index < -0.39 is 0 Å². The molecule has 2 aromatic rings. The van der Waals surface area contributed by atoms with E-state index in [1.54, 1.807) is 24.3 Å². The summed E-state index contributed by atoms with van der Waals surface area (Å²) in [5.41, 5.74) is 5.17. The highest BCUT2D eigenvalue weighted by atomic mass is 16.2. The van der Waals surface area contributed by atoms with Crippen molar-refractivity contribution in [2.45, 2.75) is 27.2 Å². The lowest BCUT2D eigenvalue weighted by Crippen LogP contribution is -2.33. The number of fused-ring (bicyclic) bond motifs is 5. The number of amides is 3. The fourth-order valence-corrected chi connectivity index (χ4v) is 5.54. The Balaban J connectivity index is 1.35. The van der Waals surface area contributed by atoms with E-state index in [4.69, 9.17) is 0 Å². The second-order valence-electron chi connectivity index (χ2n) is 8.86. The predicted molar refractivity (Wildman–Crippen MR) is 115 cm³/mol. The van der Waals surface area contributed by atoms with Gasteiger partial charge < -0.3 is 5.32 Å². The van der Waals surface area contributed by atoms with Crippen molar-refractivity contribution in [2.24, 2.45) is 23.7 Å². The van der Waals surface area contributed by atoms with Crippen molar-refractivity contribution in [2.75, 3.05) is 10.2 Å². The quantitative estimate of drug-likeness (QED) is 0.618. The number of anilines is 2. The number of rotatable bonds is 3. The van der Waals surface area contributed by atoms with Crippen molar-refractivity contribution in [1.29, 1.82) is 0 Å². The number of carbonyl (C=O) groups is 3. The van der Waals surface area contributed by atoms with Gasteiger partial charge in [-0.1, -0.05) is 17.7 Å². The Labute approximate surface area is 175 Å². The van der Waals surface area contributed by atoms with Crippen LogP contribution < -0.4 is 10.2 Å². The molecule has 5 nitrogen and oxygen atoms in total. The first-order valence-corrected chi connectivity index (χ1v) is 10.4. The van der Waals surface area contributed by atoms with E-state index in [1.807, 2.05) is 32.0 Å². The average molecular weight is 400 g/mol. The monoisotopic (exact) mass is 400 g/mol. The normalized spacial score (nSPS) is 26.8. The Morgan fingerprint density at radius 1 is 0.933 bits per heavy atom. The third kappa shape index (κ3) is 2.80. The maximum Gasteiger partial charge on any atom is 0.255 e. The number of allylic oxidation sites excluding steroid dienone is 2. The maximum atomic E-state index is 13.1. The number of nitrogens with zero attached hydrogens (tertiary/aromatic N) is 1. The Morgan fingerprint density at radius 2 is 1.57 bits per heavy atom. The van der Waals surface area contributed by atoms with Gasteiger partial charge in [0.15, 0.2) is 0 Å². The summed E-state index contributed by atoms with van der Waals surface area (Å²) in [7, 11) is 0. The molecule has 1 heterocycles. The smallest absolute Gasteiger partial charge is 0.255 e. The van der Waals surface area contributed by atoms with Crippen LogP contribution in [-0.4, -0.2) is 17.7 Å². The number of nitrogens with one attached hydrogen (secondary N) is 1. The molecular weight excluding hydrogens is 376 g/mol. The number of hydrogen-bond donors (Lipinski definition) is 1. The van der Waals surface area contributed by atoms with E-state index in [2.05, 4.69) is 18.3 Å². The summed E-state index contributed by atoms with van der Waals surface area (Å²) < 4.78 is 0. The molecule has 2 bridgehead atoms. The Kier molecular flexibility index (Phi) is 4.17. The summed E-state index contributed by atoms with van der Waals surface area (Å²) in [5, 5.41) is 2.91. The highest BCUT2D eigenvalue weighted by molar-refractivity contribution is 6.23. The molecule has 1 N–H and O–H groups in total. The highest BCUT2D eigenvalue weighted by Gasteiger charge is 2.60. The summed E-state index contributed by atoms with van der Waals surface area (Å²) in [6.07, 6.45) is 3.09. The van der Waals surface area contributed by atoms with E-state index in [9.17, 15) is 14.4 Å². The van der Waals surface area contributed by atoms with Gasteiger partial charge in [-0.2, -0.15) is 0 Å². The molecule has 2 aliphatic carbocycles. The maximum absolute atomic E-state index is 13.1. The van der Waals surface area contributed by atoms with Gasteiger partial charge in [-0.3, -0.25) is 19.3 Å². The fourth-order valence-electron chi connectivity index (χ4n) is 5.54. The molecule has 1 saturated heterocycles. The number of carbonyl (C=O) groups excluding carboxylic acids is 3. The van der Waals surface area contributed by atoms with E-state index in [0.717, 1.165) is 23.2 Å². The van der Waals surface area contributed by atoms with Crippen LogP contribution in [0.3, 0.4) is 0 Å². The van der Waals surface area contributed by atoms with Crippen LogP contribution in [0.15, 0.2) is 54.1 Å². The molecule has 3 amide bonds. The van der Waals surface area contributed by atoms with Gasteiger partial charge in [-0.15, -0.1) is 0 Å². The van der Waals surface area contributed by atoms with Crippen molar-refractivity contribution >= 4 is 29.1 Å². The summed E-state index contributed by atoms with van der Waals surface area (Å²) in [4.78, 5) is 40.0. The van der Waals surface area contributed by atoms with Crippen LogP contribution >= 0.6 is 0 Å². The zero-order valence-electron chi connectivity index (χ0n) is 17.3. The van der Waals surface area contributed by atoms with Gasteiger partial charge in [-0.05, 0) is 86.6 Å². The van der Waals surface area contributed by atoms with Gasteiger partial charge >= 0.3 is 0 Å². The molecule has 2 fully saturated rings. The van der Waals surface area contributed by atoms with E-state index in [-0.39, 0.29) is 41.4 Å². The minimum atomic E-state index is -0.223. The lowest BCUT2D eigenvalue weighted by molar-refractivity contribution is -0.123. The Bertz CT molecular complexity index is 1100. The minimum absolute atomic E-state index is 0.0996. The molecule has 0 radical (unpaired) electrons. The van der Waals surface area contributed by atoms with Gasteiger partial charge in [0.1, 0.15) is 0 Å². The second-order valence-corrected chi connectivity index (χ2v) is 8.86. The molecule has 5 heteroatoms. The molecule has 2 aromatic carbocycles. The molecule has 5 rings (SSSR count). The van der Waals surface area contributed by atoms with Crippen LogP contribution in [0.1, 0.15) is 34.8 Å². The van der Waals surface area contributed by atoms with Gasteiger partial charge in [0, 0.05) is 11.3 Å². The third-order valence-corrected chi connectivity index (χ3v) is 6.75. The number of benzene rings is 2. The molecule has 0 spiro atoms. The first-order valence-electron chi connectivity index (χ1n) is 10.4. The SMILES string of the molecule is CC1=C[C@@H]2C[C@@H]1[C@@H]1C(=O)N(c3ccc(C(=O)Nc4cc(C)cc(C)c4)cc3)C(=O)[C@@H]12.